The number of hydrogen-bond donors (Lipinski definition) is 0. The highest BCUT2D eigenvalue weighted by Crippen LogP contribution is 1.99. The third kappa shape index (κ3) is 1.12. The van der Waals surface area contributed by atoms with Crippen molar-refractivity contribution in [1.29, 1.82) is 0 Å². The van der Waals surface area contributed by atoms with Crippen molar-refractivity contribution in [2.75, 3.05) is 0 Å². The van der Waals surface area contributed by atoms with Gasteiger partial charge in [0.05, 0.1) is 0 Å². The molecule has 2 aromatic heterocycles. The summed E-state index contributed by atoms with van der Waals surface area (Å²) in [5.41, 5.74) is 0. The van der Waals surface area contributed by atoms with Crippen molar-refractivity contribution in [3.63, 3.8) is 0 Å². The summed E-state index contributed by atoms with van der Waals surface area (Å²) < 4.78 is 1.81. The molecule has 2 rings (SSSR count). The maximum Gasteiger partial charge on any atom is 0.137 e. The van der Waals surface area contributed by atoms with Crippen molar-refractivity contribution < 1.29 is 0 Å². The maximum atomic E-state index is 4.12. The third-order valence-corrected chi connectivity index (χ3v) is 1.37. The normalized spacial score (nSPS) is 9.82. The van der Waals surface area contributed by atoms with Gasteiger partial charge in [0.25, 0.3) is 0 Å². The summed E-state index contributed by atoms with van der Waals surface area (Å²) in [5, 5.41) is 0. The maximum absolute atomic E-state index is 4.12. The fourth-order valence-corrected chi connectivity index (χ4v) is 0.856. The van der Waals surface area contributed by atoms with Gasteiger partial charge in [-0.15, -0.1) is 0 Å². The van der Waals surface area contributed by atoms with E-state index in [0.29, 0.717) is 0 Å². The van der Waals surface area contributed by atoms with Crippen LogP contribution < -0.4 is 0 Å². The molecule has 0 atom stereocenters. The molecule has 0 aliphatic heterocycles. The Kier molecular flexibility index (Phi) is 1.41. The number of rotatable bonds is 1. The van der Waals surface area contributed by atoms with Crippen LogP contribution in [0.1, 0.15) is 0 Å². The minimum atomic E-state index is 0.862. The van der Waals surface area contributed by atoms with Crippen molar-refractivity contribution in [2.24, 2.45) is 0 Å². The lowest BCUT2D eigenvalue weighted by molar-refractivity contribution is 0.993. The molecule has 3 nitrogen and oxygen atoms in total. The second-order valence-corrected chi connectivity index (χ2v) is 2.10. The molecule has 0 amide bonds. The third-order valence-electron chi connectivity index (χ3n) is 1.37. The first-order valence-electron chi connectivity index (χ1n) is 3.28. The van der Waals surface area contributed by atoms with E-state index in [9.17, 15) is 0 Å². The molecule has 2 aromatic rings. The molecule has 0 aliphatic carbocycles. The molecule has 3 heteroatoms. The van der Waals surface area contributed by atoms with E-state index < -0.39 is 0 Å². The summed E-state index contributed by atoms with van der Waals surface area (Å²) in [6, 6.07) is 5.72. The molecule has 0 N–H and O–H groups in total. The number of hydrogen-bond acceptors (Lipinski definition) is 2. The molecule has 2 heterocycles. The van der Waals surface area contributed by atoms with Gasteiger partial charge in [0.1, 0.15) is 18.3 Å². The van der Waals surface area contributed by atoms with Gasteiger partial charge in [0.2, 0.25) is 0 Å². The van der Waals surface area contributed by atoms with Crippen LogP contribution in [-0.4, -0.2) is 14.5 Å². The molecule has 11 heavy (non-hydrogen) atoms. The van der Waals surface area contributed by atoms with Crippen LogP contribution in [0.25, 0.3) is 5.82 Å². The van der Waals surface area contributed by atoms with Crippen LogP contribution in [0.4, 0.5) is 0 Å². The molecule has 53 valence electrons. The summed E-state index contributed by atoms with van der Waals surface area (Å²) >= 11 is 0. The van der Waals surface area contributed by atoms with Crippen LogP contribution in [0, 0.1) is 6.20 Å². The summed E-state index contributed by atoms with van der Waals surface area (Å²) in [7, 11) is 0. The lowest BCUT2D eigenvalue weighted by Gasteiger charge is -1.96. The predicted molar refractivity (Wildman–Crippen MR) is 40.2 cm³/mol. The van der Waals surface area contributed by atoms with Gasteiger partial charge in [-0.2, -0.15) is 0 Å². The number of imidazole rings is 1. The first kappa shape index (κ1) is 6.09. The predicted octanol–water partition coefficient (Wildman–Crippen LogP) is 1.07. The lowest BCUT2D eigenvalue weighted by Crippen LogP contribution is -1.91. The Bertz CT molecular complexity index is 312. The Balaban J connectivity index is 2.46. The standard InChI is InChI=1S/C8H6N3/c1-2-4-10-8(3-1)11-6-5-9-7-11/h1-4,6-7H. The second kappa shape index (κ2) is 2.54. The van der Waals surface area contributed by atoms with E-state index in [1.807, 2.05) is 18.2 Å². The van der Waals surface area contributed by atoms with Crippen LogP contribution in [-0.2, 0) is 0 Å². The van der Waals surface area contributed by atoms with Crippen molar-refractivity contribution >= 4 is 0 Å². The summed E-state index contributed by atoms with van der Waals surface area (Å²) in [6.45, 7) is 0. The SMILES string of the molecule is [c]1cn(-c2ccccn2)cn1. The Hall–Kier alpha value is -1.64. The van der Waals surface area contributed by atoms with Gasteiger partial charge in [0, 0.05) is 12.4 Å². The van der Waals surface area contributed by atoms with Crippen LogP contribution in [0.2, 0.25) is 0 Å². The smallest absolute Gasteiger partial charge is 0.137 e. The van der Waals surface area contributed by atoms with Gasteiger partial charge in [-0.3, -0.25) is 4.57 Å². The van der Waals surface area contributed by atoms with Gasteiger partial charge >= 0.3 is 0 Å². The Morgan fingerprint density at radius 3 is 3.00 bits per heavy atom. The highest BCUT2D eigenvalue weighted by Gasteiger charge is 1.92. The highest BCUT2D eigenvalue weighted by molar-refractivity contribution is 5.20. The summed E-state index contributed by atoms with van der Waals surface area (Å²) in [6.07, 6.45) is 7.85. The minimum Gasteiger partial charge on any atom is -0.290 e. The molecule has 0 unspecified atom stereocenters. The van der Waals surface area contributed by atoms with Gasteiger partial charge in [-0.05, 0) is 12.1 Å². The average Bonchev–Trinajstić information content (AvgIpc) is 2.58. The number of aromatic nitrogens is 3. The first-order valence-corrected chi connectivity index (χ1v) is 3.28. The molecule has 0 aromatic carbocycles. The van der Waals surface area contributed by atoms with E-state index in [4.69, 9.17) is 0 Å². The van der Waals surface area contributed by atoms with Gasteiger partial charge in [0.15, 0.2) is 0 Å². The van der Waals surface area contributed by atoms with E-state index in [2.05, 4.69) is 16.2 Å². The number of nitrogens with zero attached hydrogens (tertiary/aromatic N) is 3. The molecule has 0 bridgehead atoms. The second-order valence-electron chi connectivity index (χ2n) is 2.10. The van der Waals surface area contributed by atoms with E-state index in [-0.39, 0.29) is 0 Å². The fourth-order valence-electron chi connectivity index (χ4n) is 0.856. The van der Waals surface area contributed by atoms with Gasteiger partial charge < -0.3 is 0 Å². The van der Waals surface area contributed by atoms with Crippen LogP contribution >= 0.6 is 0 Å². The van der Waals surface area contributed by atoms with Crippen LogP contribution in [0.3, 0.4) is 0 Å². The van der Waals surface area contributed by atoms with E-state index in [0.717, 1.165) is 5.82 Å². The van der Waals surface area contributed by atoms with Crippen molar-refractivity contribution in [3.8, 4) is 5.82 Å². The van der Waals surface area contributed by atoms with Crippen LogP contribution in [0.15, 0.2) is 36.9 Å². The molecule has 0 fully saturated rings. The monoisotopic (exact) mass is 144 g/mol. The van der Waals surface area contributed by atoms with E-state index >= 15 is 0 Å². The fraction of sp³-hybridized carbons (Fsp3) is 0. The first-order chi connectivity index (χ1) is 5.47. The Labute approximate surface area is 64.3 Å². The Morgan fingerprint density at radius 2 is 2.36 bits per heavy atom. The zero-order chi connectivity index (χ0) is 7.52. The molecular formula is C8H6N3. The zero-order valence-electron chi connectivity index (χ0n) is 5.81. The molecule has 1 radical (unpaired) electrons. The van der Waals surface area contributed by atoms with E-state index in [1.165, 1.54) is 0 Å². The van der Waals surface area contributed by atoms with Crippen LogP contribution in [0.5, 0.6) is 0 Å². The molecule has 0 aliphatic rings. The largest absolute Gasteiger partial charge is 0.290 e. The van der Waals surface area contributed by atoms with Crippen molar-refractivity contribution in [3.05, 3.63) is 43.1 Å². The number of pyridine rings is 1. The average molecular weight is 144 g/mol. The van der Waals surface area contributed by atoms with Crippen molar-refractivity contribution in [2.45, 2.75) is 0 Å². The molecule has 0 saturated heterocycles. The topological polar surface area (TPSA) is 30.7 Å². The van der Waals surface area contributed by atoms with Crippen molar-refractivity contribution in [1.82, 2.24) is 14.5 Å². The summed E-state index contributed by atoms with van der Waals surface area (Å²) in [5.74, 6) is 0.862. The molecule has 0 spiro atoms. The van der Waals surface area contributed by atoms with Gasteiger partial charge in [-0.25, -0.2) is 9.97 Å². The summed E-state index contributed by atoms with van der Waals surface area (Å²) in [4.78, 5) is 7.92. The quantitative estimate of drug-likeness (QED) is 0.599. The Morgan fingerprint density at radius 1 is 1.36 bits per heavy atom. The minimum absolute atomic E-state index is 0.862. The van der Waals surface area contributed by atoms with Gasteiger partial charge in [-0.1, -0.05) is 6.07 Å². The molecular weight excluding hydrogens is 138 g/mol. The van der Waals surface area contributed by atoms with E-state index in [1.54, 1.807) is 23.3 Å². The lowest BCUT2D eigenvalue weighted by atomic mass is 10.5. The zero-order valence-corrected chi connectivity index (χ0v) is 5.81. The highest BCUT2D eigenvalue weighted by atomic mass is 15.1. The molecule has 0 saturated carbocycles.